The van der Waals surface area contributed by atoms with Gasteiger partial charge in [-0.1, -0.05) is 36.0 Å². The molecular weight excluding hydrogens is 412 g/mol. The van der Waals surface area contributed by atoms with Crippen LogP contribution < -0.4 is 10.1 Å². The molecule has 0 bridgehead atoms. The molecule has 31 heavy (non-hydrogen) atoms. The lowest BCUT2D eigenvalue weighted by Crippen LogP contribution is -2.15. The highest BCUT2D eigenvalue weighted by atomic mass is 32.2. The molecule has 1 amide bonds. The van der Waals surface area contributed by atoms with Crippen LogP contribution in [-0.2, 0) is 9.53 Å². The van der Waals surface area contributed by atoms with Gasteiger partial charge in [0.1, 0.15) is 11.8 Å². The number of benzene rings is 3. The summed E-state index contributed by atoms with van der Waals surface area (Å²) in [6, 6.07) is 23.4. The molecule has 0 spiro atoms. The summed E-state index contributed by atoms with van der Waals surface area (Å²) < 4.78 is 10.2. The number of carbonyl (C=O) groups excluding carboxylic acids is 2. The van der Waals surface area contributed by atoms with E-state index in [0.29, 0.717) is 29.2 Å². The van der Waals surface area contributed by atoms with E-state index in [4.69, 9.17) is 9.47 Å². The first-order valence-corrected chi connectivity index (χ1v) is 10.4. The highest BCUT2D eigenvalue weighted by molar-refractivity contribution is 7.99. The van der Waals surface area contributed by atoms with Gasteiger partial charge in [-0.15, -0.1) is 0 Å². The van der Waals surface area contributed by atoms with E-state index in [2.05, 4.69) is 11.4 Å². The first-order chi connectivity index (χ1) is 15.1. The van der Waals surface area contributed by atoms with Gasteiger partial charge >= 0.3 is 5.97 Å². The van der Waals surface area contributed by atoms with Crippen LogP contribution in [0.15, 0.2) is 82.6 Å². The van der Waals surface area contributed by atoms with Gasteiger partial charge in [-0.25, -0.2) is 4.79 Å². The lowest BCUT2D eigenvalue weighted by Gasteiger charge is -2.12. The van der Waals surface area contributed by atoms with Crippen molar-refractivity contribution in [3.8, 4) is 11.8 Å². The van der Waals surface area contributed by atoms with Gasteiger partial charge in [0.05, 0.1) is 17.9 Å². The molecule has 3 rings (SSSR count). The average Bonchev–Trinajstić information content (AvgIpc) is 2.80. The zero-order valence-corrected chi connectivity index (χ0v) is 17.6. The molecule has 7 heteroatoms. The van der Waals surface area contributed by atoms with Gasteiger partial charge < -0.3 is 14.8 Å². The van der Waals surface area contributed by atoms with Crippen molar-refractivity contribution in [2.24, 2.45) is 0 Å². The smallest absolute Gasteiger partial charge is 0.344 e. The molecule has 1 N–H and O–H groups in total. The number of nitrogens with zero attached hydrogens (tertiary/aromatic N) is 1. The molecule has 156 valence electrons. The Balaban J connectivity index is 1.68. The summed E-state index contributed by atoms with van der Waals surface area (Å²) in [4.78, 5) is 25.7. The van der Waals surface area contributed by atoms with E-state index < -0.39 is 5.97 Å². The van der Waals surface area contributed by atoms with Crippen LogP contribution in [0.3, 0.4) is 0 Å². The summed E-state index contributed by atoms with van der Waals surface area (Å²) in [5.41, 5.74) is 1.67. The fourth-order valence-electron chi connectivity index (χ4n) is 2.67. The van der Waals surface area contributed by atoms with Crippen molar-refractivity contribution in [2.75, 3.05) is 18.5 Å². The molecule has 0 fully saturated rings. The second kappa shape index (κ2) is 10.9. The number of rotatable bonds is 8. The molecule has 0 saturated carbocycles. The van der Waals surface area contributed by atoms with Gasteiger partial charge in [-0.05, 0) is 55.5 Å². The summed E-state index contributed by atoms with van der Waals surface area (Å²) in [7, 11) is 0. The number of nitrogens with one attached hydrogen (secondary N) is 1. The summed E-state index contributed by atoms with van der Waals surface area (Å²) >= 11 is 1.42. The third-order valence-corrected chi connectivity index (χ3v) is 5.29. The van der Waals surface area contributed by atoms with Crippen LogP contribution in [0.5, 0.6) is 5.75 Å². The van der Waals surface area contributed by atoms with Crippen molar-refractivity contribution in [3.05, 3.63) is 83.9 Å². The molecule has 0 aromatic heterocycles. The van der Waals surface area contributed by atoms with Gasteiger partial charge in [0, 0.05) is 15.4 Å². The van der Waals surface area contributed by atoms with Crippen molar-refractivity contribution in [2.45, 2.75) is 16.7 Å². The highest BCUT2D eigenvalue weighted by Gasteiger charge is 2.12. The molecule has 0 aliphatic rings. The van der Waals surface area contributed by atoms with Crippen LogP contribution in [-0.4, -0.2) is 25.1 Å². The van der Waals surface area contributed by atoms with Crippen LogP contribution in [0.25, 0.3) is 0 Å². The van der Waals surface area contributed by atoms with E-state index in [1.165, 1.54) is 11.8 Å². The van der Waals surface area contributed by atoms with E-state index in [1.54, 1.807) is 37.3 Å². The fourth-order valence-corrected chi connectivity index (χ4v) is 3.65. The average molecular weight is 433 g/mol. The van der Waals surface area contributed by atoms with Crippen molar-refractivity contribution >= 4 is 29.3 Å². The van der Waals surface area contributed by atoms with Gasteiger partial charge in [0.2, 0.25) is 0 Å². The zero-order valence-electron chi connectivity index (χ0n) is 16.8. The van der Waals surface area contributed by atoms with E-state index in [0.717, 1.165) is 9.79 Å². The maximum atomic E-state index is 12.7. The number of amides is 1. The Hall–Kier alpha value is -3.76. The minimum atomic E-state index is -0.448. The maximum Gasteiger partial charge on any atom is 0.344 e. The topological polar surface area (TPSA) is 88.4 Å². The molecular formula is C24H20N2O4S. The Kier molecular flexibility index (Phi) is 7.68. The van der Waals surface area contributed by atoms with Gasteiger partial charge in [0.25, 0.3) is 5.91 Å². The van der Waals surface area contributed by atoms with Crippen LogP contribution >= 0.6 is 11.8 Å². The lowest BCUT2D eigenvalue weighted by atomic mass is 10.2. The molecule has 0 atom stereocenters. The summed E-state index contributed by atoms with van der Waals surface area (Å²) in [6.45, 7) is 1.83. The highest BCUT2D eigenvalue weighted by Crippen LogP contribution is 2.35. The Morgan fingerprint density at radius 2 is 1.65 bits per heavy atom. The van der Waals surface area contributed by atoms with Gasteiger partial charge in [-0.3, -0.25) is 4.79 Å². The van der Waals surface area contributed by atoms with E-state index in [1.807, 2.05) is 42.5 Å². The van der Waals surface area contributed by atoms with Crippen molar-refractivity contribution < 1.29 is 19.1 Å². The second-order valence-corrected chi connectivity index (χ2v) is 7.36. The van der Waals surface area contributed by atoms with E-state index in [9.17, 15) is 14.9 Å². The first kappa shape index (κ1) is 21.9. The van der Waals surface area contributed by atoms with Crippen LogP contribution in [0.1, 0.15) is 22.8 Å². The predicted molar refractivity (Wildman–Crippen MR) is 118 cm³/mol. The zero-order chi connectivity index (χ0) is 22.1. The van der Waals surface area contributed by atoms with Crippen LogP contribution in [0.4, 0.5) is 5.69 Å². The van der Waals surface area contributed by atoms with Crippen molar-refractivity contribution in [3.63, 3.8) is 0 Å². The molecule has 0 unspecified atom stereocenters. The van der Waals surface area contributed by atoms with E-state index in [-0.39, 0.29) is 12.5 Å². The molecule has 6 nitrogen and oxygen atoms in total. The second-order valence-electron chi connectivity index (χ2n) is 6.28. The molecule has 3 aromatic rings. The summed E-state index contributed by atoms with van der Waals surface area (Å²) in [6.07, 6.45) is 0. The Morgan fingerprint density at radius 1 is 0.968 bits per heavy atom. The first-order valence-electron chi connectivity index (χ1n) is 9.56. The number of carbonyl (C=O) groups is 2. The van der Waals surface area contributed by atoms with Crippen LogP contribution in [0.2, 0.25) is 0 Å². The third-order valence-electron chi connectivity index (χ3n) is 4.14. The third kappa shape index (κ3) is 6.11. The van der Waals surface area contributed by atoms with E-state index >= 15 is 0 Å². The molecule has 0 heterocycles. The van der Waals surface area contributed by atoms with Crippen molar-refractivity contribution in [1.29, 1.82) is 5.26 Å². The number of nitriles is 1. The predicted octanol–water partition coefficient (Wildman–Crippen LogP) is 4.90. The number of hydrogen-bond donors (Lipinski definition) is 1. The number of ether oxygens (including phenoxy) is 2. The quantitative estimate of drug-likeness (QED) is 0.509. The Labute approximate surface area is 184 Å². The Bertz CT molecular complexity index is 1110. The fraction of sp³-hybridized carbons (Fsp3) is 0.125. The number of para-hydroxylation sites is 1. The molecule has 0 aliphatic heterocycles. The van der Waals surface area contributed by atoms with Crippen molar-refractivity contribution in [1.82, 2.24) is 0 Å². The summed E-state index contributed by atoms with van der Waals surface area (Å²) in [5, 5.41) is 12.2. The molecule has 0 radical (unpaired) electrons. The maximum absolute atomic E-state index is 12.7. The molecule has 0 aliphatic carbocycles. The lowest BCUT2D eigenvalue weighted by molar-refractivity contribution is -0.145. The SMILES string of the molecule is CCOC(=O)COc1ccc(C(=O)Nc2ccccc2Sc2ccccc2C#N)cc1. The number of anilines is 1. The van der Waals surface area contributed by atoms with Gasteiger partial charge in [-0.2, -0.15) is 5.26 Å². The number of hydrogen-bond acceptors (Lipinski definition) is 6. The largest absolute Gasteiger partial charge is 0.482 e. The number of esters is 1. The minimum absolute atomic E-state index is 0.186. The van der Waals surface area contributed by atoms with Gasteiger partial charge in [0.15, 0.2) is 6.61 Å². The Morgan fingerprint density at radius 3 is 2.35 bits per heavy atom. The minimum Gasteiger partial charge on any atom is -0.482 e. The monoisotopic (exact) mass is 432 g/mol. The molecule has 0 saturated heterocycles. The standard InChI is InChI=1S/C24H20N2O4S/c1-2-29-23(27)16-30-19-13-11-17(12-14-19)24(28)26-20-8-4-6-10-22(20)31-21-9-5-3-7-18(21)15-25/h3-14H,2,16H2,1H3,(H,26,28). The molecule has 3 aromatic carbocycles. The van der Waals surface area contributed by atoms with Crippen LogP contribution in [0, 0.1) is 11.3 Å². The summed E-state index contributed by atoms with van der Waals surface area (Å²) in [5.74, 6) is -0.261. The normalized spacial score (nSPS) is 10.1.